The maximum Gasteiger partial charge on any atom is 0.258 e. The van der Waals surface area contributed by atoms with Crippen LogP contribution in [0.4, 0.5) is 0 Å². The Morgan fingerprint density at radius 1 is 1.31 bits per heavy atom. The van der Waals surface area contributed by atoms with E-state index in [0.717, 1.165) is 31.5 Å². The van der Waals surface area contributed by atoms with Crippen molar-refractivity contribution < 1.29 is 9.90 Å². The number of carbonyl (C=O) groups excluding carboxylic acids is 1. The van der Waals surface area contributed by atoms with Crippen LogP contribution in [0.5, 0.6) is 0 Å². The van der Waals surface area contributed by atoms with Crippen LogP contribution in [0.25, 0.3) is 6.08 Å². The lowest BCUT2D eigenvalue weighted by Gasteiger charge is -2.31. The fraction of sp³-hybridized carbons (Fsp3) is 0.652. The molecule has 0 bridgehead atoms. The van der Waals surface area contributed by atoms with Crippen molar-refractivity contribution in [1.29, 1.82) is 0 Å². The van der Waals surface area contributed by atoms with E-state index in [4.69, 9.17) is 0 Å². The Labute approximate surface area is 172 Å². The van der Waals surface area contributed by atoms with Crippen molar-refractivity contribution in [3.8, 4) is 0 Å². The van der Waals surface area contributed by atoms with Gasteiger partial charge in [-0.05, 0) is 44.9 Å². The highest BCUT2D eigenvalue weighted by molar-refractivity contribution is 5.83. The number of aliphatic hydroxyl groups excluding tert-OH is 1. The summed E-state index contributed by atoms with van der Waals surface area (Å²) in [4.78, 5) is 28.5. The smallest absolute Gasteiger partial charge is 0.258 e. The first kappa shape index (κ1) is 20.4. The maximum absolute atomic E-state index is 13.3. The molecule has 4 atom stereocenters. The molecule has 4 rings (SSSR count). The number of fused-ring (bicyclic) bond motifs is 3. The van der Waals surface area contributed by atoms with E-state index in [9.17, 15) is 14.7 Å². The van der Waals surface area contributed by atoms with Gasteiger partial charge in [-0.2, -0.15) is 0 Å². The standard InChI is InChI=1S/C23H33N3O3/c1-3-7-15-10-11-19-20-17(13-26(19)23(15)29)18(14-27)21(25(20)12-4-2)22(28)24-16-8-5-6-9-16/h3,7,10-11,16-18,20-21,27H,4-6,8-9,12-14H2,1-2H3,(H,24,28)/b7-3-/t17-,18-,20+,21-/m1/s1. The summed E-state index contributed by atoms with van der Waals surface area (Å²) >= 11 is 0. The molecular formula is C23H33N3O3. The minimum atomic E-state index is -0.324. The summed E-state index contributed by atoms with van der Waals surface area (Å²) in [6, 6.07) is 3.88. The van der Waals surface area contributed by atoms with E-state index in [1.54, 1.807) is 0 Å². The Hall–Kier alpha value is -1.92. The third-order valence-corrected chi connectivity index (χ3v) is 7.02. The lowest BCUT2D eigenvalue weighted by Crippen LogP contribution is -2.50. The number of carbonyl (C=O) groups is 1. The van der Waals surface area contributed by atoms with Crippen LogP contribution in [0.3, 0.4) is 0 Å². The summed E-state index contributed by atoms with van der Waals surface area (Å²) in [6.07, 6.45) is 9.10. The first-order valence-electron chi connectivity index (χ1n) is 11.1. The van der Waals surface area contributed by atoms with Gasteiger partial charge in [-0.1, -0.05) is 31.9 Å². The number of allylic oxidation sites excluding steroid dienone is 1. The van der Waals surface area contributed by atoms with Crippen LogP contribution in [-0.4, -0.2) is 45.7 Å². The Morgan fingerprint density at radius 3 is 2.72 bits per heavy atom. The number of amides is 1. The van der Waals surface area contributed by atoms with Crippen molar-refractivity contribution in [2.75, 3.05) is 13.2 Å². The number of likely N-dealkylation sites (tertiary alicyclic amines) is 1. The molecular weight excluding hydrogens is 366 g/mol. The normalized spacial score (nSPS) is 29.5. The molecule has 1 saturated carbocycles. The molecule has 2 N–H and O–H groups in total. The van der Waals surface area contributed by atoms with E-state index >= 15 is 0 Å². The summed E-state index contributed by atoms with van der Waals surface area (Å²) in [5.74, 6) is -0.0184. The summed E-state index contributed by atoms with van der Waals surface area (Å²) in [5, 5.41) is 13.5. The van der Waals surface area contributed by atoms with E-state index in [1.165, 1.54) is 12.8 Å². The van der Waals surface area contributed by atoms with Gasteiger partial charge in [0.15, 0.2) is 0 Å². The zero-order valence-electron chi connectivity index (χ0n) is 17.5. The van der Waals surface area contributed by atoms with Crippen molar-refractivity contribution >= 4 is 12.0 Å². The Balaban J connectivity index is 1.68. The van der Waals surface area contributed by atoms with E-state index in [-0.39, 0.29) is 48.0 Å². The fourth-order valence-corrected chi connectivity index (χ4v) is 5.80. The zero-order valence-corrected chi connectivity index (χ0v) is 17.5. The lowest BCUT2D eigenvalue weighted by molar-refractivity contribution is -0.128. The van der Waals surface area contributed by atoms with Crippen LogP contribution in [0.15, 0.2) is 23.0 Å². The van der Waals surface area contributed by atoms with Gasteiger partial charge in [-0.15, -0.1) is 0 Å². The second-order valence-electron chi connectivity index (χ2n) is 8.76. The van der Waals surface area contributed by atoms with Gasteiger partial charge in [-0.3, -0.25) is 14.5 Å². The number of aliphatic hydroxyl groups is 1. The number of pyridine rings is 1. The average molecular weight is 400 g/mol. The van der Waals surface area contributed by atoms with Crippen LogP contribution >= 0.6 is 0 Å². The van der Waals surface area contributed by atoms with Crippen LogP contribution in [0.2, 0.25) is 0 Å². The predicted octanol–water partition coefficient (Wildman–Crippen LogP) is 2.31. The third kappa shape index (κ3) is 3.46. The third-order valence-electron chi connectivity index (χ3n) is 7.02. The SMILES string of the molecule is C/C=C\c1ccc2n(c1=O)C[C@@H]1[C@@H](CO)[C@H](C(=O)NC3CCCC3)N(CCC)[C@H]21. The minimum absolute atomic E-state index is 0.0128. The Kier molecular flexibility index (Phi) is 5.93. The molecule has 6 heteroatoms. The van der Waals surface area contributed by atoms with Crippen molar-refractivity contribution in [3.63, 3.8) is 0 Å². The second kappa shape index (κ2) is 8.44. The second-order valence-corrected chi connectivity index (χ2v) is 8.76. The van der Waals surface area contributed by atoms with Crippen LogP contribution in [-0.2, 0) is 11.3 Å². The minimum Gasteiger partial charge on any atom is -0.396 e. The van der Waals surface area contributed by atoms with E-state index < -0.39 is 0 Å². The van der Waals surface area contributed by atoms with Gasteiger partial charge >= 0.3 is 0 Å². The summed E-state index contributed by atoms with van der Waals surface area (Å²) < 4.78 is 1.86. The molecule has 0 aromatic carbocycles. The van der Waals surface area contributed by atoms with Gasteiger partial charge in [-0.25, -0.2) is 0 Å². The van der Waals surface area contributed by atoms with Gasteiger partial charge in [0.25, 0.3) is 5.56 Å². The van der Waals surface area contributed by atoms with Crippen LogP contribution in [0, 0.1) is 11.8 Å². The zero-order chi connectivity index (χ0) is 20.5. The predicted molar refractivity (Wildman–Crippen MR) is 113 cm³/mol. The van der Waals surface area contributed by atoms with E-state index in [1.807, 2.05) is 35.8 Å². The first-order valence-corrected chi connectivity index (χ1v) is 11.1. The molecule has 1 amide bonds. The number of rotatable bonds is 6. The van der Waals surface area contributed by atoms with Gasteiger partial charge in [0.2, 0.25) is 5.91 Å². The molecule has 1 aromatic rings. The van der Waals surface area contributed by atoms with Gasteiger partial charge in [0, 0.05) is 42.3 Å². The molecule has 0 radical (unpaired) electrons. The molecule has 2 fully saturated rings. The number of aromatic nitrogens is 1. The van der Waals surface area contributed by atoms with E-state index in [0.29, 0.717) is 12.1 Å². The Bertz CT molecular complexity index is 840. The quantitative estimate of drug-likeness (QED) is 0.770. The first-order chi connectivity index (χ1) is 14.1. The van der Waals surface area contributed by atoms with Crippen molar-refractivity contribution in [2.24, 2.45) is 11.8 Å². The molecule has 0 unspecified atom stereocenters. The maximum atomic E-state index is 13.3. The highest BCUT2D eigenvalue weighted by Gasteiger charge is 2.55. The molecule has 1 saturated heterocycles. The lowest BCUT2D eigenvalue weighted by atomic mass is 9.88. The molecule has 3 aliphatic rings. The molecule has 0 spiro atoms. The molecule has 1 aromatic heterocycles. The van der Waals surface area contributed by atoms with Crippen molar-refractivity contribution in [1.82, 2.24) is 14.8 Å². The summed E-state index contributed by atoms with van der Waals surface area (Å²) in [7, 11) is 0. The Morgan fingerprint density at radius 2 is 2.07 bits per heavy atom. The monoisotopic (exact) mass is 399 g/mol. The van der Waals surface area contributed by atoms with Crippen molar-refractivity contribution in [3.05, 3.63) is 39.8 Å². The number of hydrogen-bond donors (Lipinski definition) is 2. The van der Waals surface area contributed by atoms with Gasteiger partial charge in [0.1, 0.15) is 0 Å². The largest absolute Gasteiger partial charge is 0.396 e. The summed E-state index contributed by atoms with van der Waals surface area (Å²) in [5.41, 5.74) is 1.70. The van der Waals surface area contributed by atoms with Crippen LogP contribution < -0.4 is 10.9 Å². The highest BCUT2D eigenvalue weighted by atomic mass is 16.3. The highest BCUT2D eigenvalue weighted by Crippen LogP contribution is 2.49. The molecule has 29 heavy (non-hydrogen) atoms. The topological polar surface area (TPSA) is 74.6 Å². The molecule has 2 aliphatic heterocycles. The van der Waals surface area contributed by atoms with E-state index in [2.05, 4.69) is 17.1 Å². The average Bonchev–Trinajstić information content (AvgIpc) is 3.40. The van der Waals surface area contributed by atoms with Gasteiger partial charge < -0.3 is 15.0 Å². The van der Waals surface area contributed by atoms with Crippen molar-refractivity contribution in [2.45, 2.75) is 70.6 Å². The van der Waals surface area contributed by atoms with Crippen LogP contribution in [0.1, 0.15) is 63.3 Å². The van der Waals surface area contributed by atoms with Gasteiger partial charge in [0.05, 0.1) is 12.1 Å². The summed E-state index contributed by atoms with van der Waals surface area (Å²) in [6.45, 7) is 5.34. The molecule has 158 valence electrons. The molecule has 6 nitrogen and oxygen atoms in total. The number of hydrogen-bond acceptors (Lipinski definition) is 4. The number of nitrogens with zero attached hydrogens (tertiary/aromatic N) is 2. The number of nitrogens with one attached hydrogen (secondary N) is 1. The molecule has 1 aliphatic carbocycles. The molecule has 3 heterocycles. The fourth-order valence-electron chi connectivity index (χ4n) is 5.80.